The van der Waals surface area contributed by atoms with Crippen LogP contribution in [0, 0.1) is 0 Å². The van der Waals surface area contributed by atoms with Gasteiger partial charge in [-0.25, -0.2) is 4.79 Å². The molecule has 0 radical (unpaired) electrons. The summed E-state index contributed by atoms with van der Waals surface area (Å²) in [6, 6.07) is 15.5. The van der Waals surface area contributed by atoms with E-state index in [-0.39, 0.29) is 5.91 Å². The molecular formula is C33H41N5O3. The topological polar surface area (TPSA) is 108 Å². The molecule has 41 heavy (non-hydrogen) atoms. The van der Waals surface area contributed by atoms with Crippen molar-refractivity contribution in [3.05, 3.63) is 71.5 Å². The van der Waals surface area contributed by atoms with Crippen LogP contribution in [0.2, 0.25) is 0 Å². The Morgan fingerprint density at radius 2 is 1.71 bits per heavy atom. The number of carbonyl (C=O) groups is 2. The van der Waals surface area contributed by atoms with Crippen LogP contribution in [0.5, 0.6) is 0 Å². The second kappa shape index (κ2) is 12.6. The van der Waals surface area contributed by atoms with Gasteiger partial charge in [0.25, 0.3) is 0 Å². The van der Waals surface area contributed by atoms with Crippen molar-refractivity contribution in [1.29, 1.82) is 0 Å². The highest BCUT2D eigenvalue weighted by Gasteiger charge is 2.25. The number of nitrogens with one attached hydrogen (secondary N) is 4. The molecule has 2 aromatic carbocycles. The molecule has 0 unspecified atom stereocenters. The van der Waals surface area contributed by atoms with Crippen LogP contribution in [0.25, 0.3) is 21.8 Å². The number of alkyl carbamates (subject to hydrolysis) is 1. The number of aromatic nitrogens is 2. The number of anilines is 1. The lowest BCUT2D eigenvalue weighted by Gasteiger charge is -2.23. The van der Waals surface area contributed by atoms with Crippen LogP contribution in [0.1, 0.15) is 63.3 Å². The Balaban J connectivity index is 1.17. The molecule has 2 amide bonds. The average Bonchev–Trinajstić information content (AvgIpc) is 3.35. The van der Waals surface area contributed by atoms with Crippen molar-refractivity contribution in [2.24, 2.45) is 0 Å². The fourth-order valence-electron chi connectivity index (χ4n) is 5.55. The number of nitrogens with zero attached hydrogens (tertiary/aromatic N) is 1. The van der Waals surface area contributed by atoms with E-state index in [1.807, 2.05) is 36.5 Å². The minimum atomic E-state index is -0.753. The molecule has 2 heterocycles. The maximum atomic E-state index is 13.3. The first-order chi connectivity index (χ1) is 19.8. The van der Waals surface area contributed by atoms with E-state index in [2.05, 4.69) is 39.1 Å². The minimum absolute atomic E-state index is 0.219. The largest absolute Gasteiger partial charge is 0.444 e. The molecule has 0 saturated carbocycles. The third-order valence-corrected chi connectivity index (χ3v) is 7.48. The van der Waals surface area contributed by atoms with E-state index in [1.54, 1.807) is 20.8 Å². The Bertz CT molecular complexity index is 1520. The number of H-pyrrole nitrogens is 1. The number of carbonyl (C=O) groups excluding carboxylic acids is 2. The van der Waals surface area contributed by atoms with Crippen LogP contribution in [0.15, 0.2) is 54.7 Å². The Labute approximate surface area is 241 Å². The van der Waals surface area contributed by atoms with Crippen molar-refractivity contribution in [1.82, 2.24) is 20.6 Å². The summed E-state index contributed by atoms with van der Waals surface area (Å²) in [7, 11) is 0. The summed E-state index contributed by atoms with van der Waals surface area (Å²) in [5.74, 6) is -0.219. The molecule has 4 N–H and O–H groups in total. The quantitative estimate of drug-likeness (QED) is 0.179. The summed E-state index contributed by atoms with van der Waals surface area (Å²) in [4.78, 5) is 34.0. The van der Waals surface area contributed by atoms with E-state index in [4.69, 9.17) is 9.72 Å². The molecule has 0 fully saturated rings. The van der Waals surface area contributed by atoms with Gasteiger partial charge in [0.15, 0.2) is 0 Å². The number of amides is 2. The molecular weight excluding hydrogens is 514 g/mol. The van der Waals surface area contributed by atoms with Gasteiger partial charge in [0.05, 0.1) is 5.52 Å². The Morgan fingerprint density at radius 1 is 0.976 bits per heavy atom. The maximum absolute atomic E-state index is 13.3. The number of unbranched alkanes of at least 4 members (excludes halogenated alkanes) is 1. The lowest BCUT2D eigenvalue weighted by molar-refractivity contribution is -0.123. The maximum Gasteiger partial charge on any atom is 0.408 e. The van der Waals surface area contributed by atoms with E-state index in [1.165, 1.54) is 35.2 Å². The van der Waals surface area contributed by atoms with Crippen molar-refractivity contribution >= 4 is 39.5 Å². The van der Waals surface area contributed by atoms with Gasteiger partial charge in [-0.3, -0.25) is 9.78 Å². The Morgan fingerprint density at radius 3 is 2.54 bits per heavy atom. The molecule has 2 aromatic heterocycles. The van der Waals surface area contributed by atoms with Gasteiger partial charge in [0.2, 0.25) is 5.91 Å². The van der Waals surface area contributed by atoms with Gasteiger partial charge in [-0.15, -0.1) is 0 Å². The van der Waals surface area contributed by atoms with Crippen LogP contribution in [0.4, 0.5) is 10.5 Å². The van der Waals surface area contributed by atoms with E-state index in [0.29, 0.717) is 13.0 Å². The van der Waals surface area contributed by atoms with Gasteiger partial charge < -0.3 is 25.7 Å². The SMILES string of the molecule is CC(C)(C)OC(=O)N[C@@H](Cc1c[nH]c2ccccc12)C(=O)NCCCCNc1c2c(nc3ccccc13)CCCC2. The van der Waals surface area contributed by atoms with E-state index in [0.717, 1.165) is 54.2 Å². The number of pyridine rings is 1. The first-order valence-corrected chi connectivity index (χ1v) is 14.7. The normalized spacial score (nSPS) is 13.9. The molecule has 1 atom stereocenters. The highest BCUT2D eigenvalue weighted by Crippen LogP contribution is 2.33. The summed E-state index contributed by atoms with van der Waals surface area (Å²) in [5, 5.41) is 11.7. The predicted molar refractivity (Wildman–Crippen MR) is 164 cm³/mol. The highest BCUT2D eigenvalue weighted by molar-refractivity contribution is 5.93. The number of fused-ring (bicyclic) bond motifs is 3. The molecule has 0 bridgehead atoms. The minimum Gasteiger partial charge on any atom is -0.444 e. The average molecular weight is 556 g/mol. The molecule has 0 spiro atoms. The number of aryl methyl sites for hydroxylation is 1. The van der Waals surface area contributed by atoms with Crippen molar-refractivity contribution in [2.45, 2.75) is 77.4 Å². The van der Waals surface area contributed by atoms with Crippen LogP contribution in [-0.2, 0) is 28.8 Å². The summed E-state index contributed by atoms with van der Waals surface area (Å²) >= 11 is 0. The first-order valence-electron chi connectivity index (χ1n) is 14.7. The zero-order valence-corrected chi connectivity index (χ0v) is 24.3. The highest BCUT2D eigenvalue weighted by atomic mass is 16.6. The van der Waals surface area contributed by atoms with Crippen molar-refractivity contribution in [2.75, 3.05) is 18.4 Å². The van der Waals surface area contributed by atoms with Crippen molar-refractivity contribution in [3.8, 4) is 0 Å². The Hall–Kier alpha value is -4.07. The fraction of sp³-hybridized carbons (Fsp3) is 0.424. The van der Waals surface area contributed by atoms with Crippen molar-refractivity contribution in [3.63, 3.8) is 0 Å². The molecule has 8 heteroatoms. The van der Waals surface area contributed by atoms with Crippen LogP contribution >= 0.6 is 0 Å². The lowest BCUT2D eigenvalue weighted by atomic mass is 9.92. The smallest absolute Gasteiger partial charge is 0.408 e. The van der Waals surface area contributed by atoms with E-state index in [9.17, 15) is 9.59 Å². The monoisotopic (exact) mass is 555 g/mol. The van der Waals surface area contributed by atoms with E-state index < -0.39 is 17.7 Å². The number of hydrogen-bond acceptors (Lipinski definition) is 5. The lowest BCUT2D eigenvalue weighted by Crippen LogP contribution is -2.49. The summed E-state index contributed by atoms with van der Waals surface area (Å²) in [6.07, 6.45) is 7.87. The van der Waals surface area contributed by atoms with Crippen LogP contribution < -0.4 is 16.0 Å². The number of rotatable bonds is 10. The molecule has 1 aliphatic rings. The summed E-state index contributed by atoms with van der Waals surface area (Å²) in [5.41, 5.74) is 6.15. The fourth-order valence-corrected chi connectivity index (χ4v) is 5.55. The molecule has 8 nitrogen and oxygen atoms in total. The molecule has 0 aliphatic heterocycles. The molecule has 216 valence electrons. The van der Waals surface area contributed by atoms with Gasteiger partial charge in [-0.05, 0) is 82.6 Å². The summed E-state index contributed by atoms with van der Waals surface area (Å²) < 4.78 is 5.44. The second-order valence-electron chi connectivity index (χ2n) is 11.8. The van der Waals surface area contributed by atoms with Gasteiger partial charge in [0, 0.05) is 53.4 Å². The van der Waals surface area contributed by atoms with Gasteiger partial charge in [0.1, 0.15) is 11.6 Å². The van der Waals surface area contributed by atoms with Gasteiger partial charge >= 0.3 is 6.09 Å². The van der Waals surface area contributed by atoms with Crippen LogP contribution in [-0.4, -0.2) is 46.7 Å². The van der Waals surface area contributed by atoms with E-state index >= 15 is 0 Å². The second-order valence-corrected chi connectivity index (χ2v) is 11.8. The third kappa shape index (κ3) is 7.17. The molecule has 0 saturated heterocycles. The van der Waals surface area contributed by atoms with Gasteiger partial charge in [-0.1, -0.05) is 36.4 Å². The molecule has 4 aromatic rings. The Kier molecular flexibility index (Phi) is 8.76. The molecule has 5 rings (SSSR count). The third-order valence-electron chi connectivity index (χ3n) is 7.48. The first kappa shape index (κ1) is 28.5. The predicted octanol–water partition coefficient (Wildman–Crippen LogP) is 6.04. The number of hydrogen-bond donors (Lipinski definition) is 4. The van der Waals surface area contributed by atoms with Crippen molar-refractivity contribution < 1.29 is 14.3 Å². The van der Waals surface area contributed by atoms with Gasteiger partial charge in [-0.2, -0.15) is 0 Å². The number of ether oxygens (including phenoxy) is 1. The summed E-state index contributed by atoms with van der Waals surface area (Å²) in [6.45, 7) is 6.75. The number of benzene rings is 2. The van der Waals surface area contributed by atoms with Crippen LogP contribution in [0.3, 0.4) is 0 Å². The number of aromatic amines is 1. The standard InChI is InChI=1S/C33H41N5O3/c1-33(2,3)41-32(40)38-29(20-22-21-36-26-15-7-4-12-23(22)26)31(39)35-19-11-10-18-34-30-24-13-5-8-16-27(24)37-28-17-9-6-14-25(28)30/h4-5,7-8,12-13,15-16,21,29,36H,6,9-11,14,17-20H2,1-3H3,(H,34,37)(H,35,39)(H,38,40)/t29-/m0/s1. The number of para-hydroxylation sites is 2. The molecule has 1 aliphatic carbocycles. The zero-order chi connectivity index (χ0) is 28.8. The zero-order valence-electron chi connectivity index (χ0n) is 24.3.